The number of nitrogens with one attached hydrogen (secondary N) is 1. The van der Waals surface area contributed by atoms with Gasteiger partial charge in [0.2, 0.25) is 0 Å². The van der Waals surface area contributed by atoms with Crippen molar-refractivity contribution in [2.24, 2.45) is 0 Å². The fourth-order valence-electron chi connectivity index (χ4n) is 1.59. The van der Waals surface area contributed by atoms with Gasteiger partial charge in [-0.2, -0.15) is 0 Å². The van der Waals surface area contributed by atoms with E-state index in [4.69, 9.17) is 9.72 Å². The smallest absolute Gasteiger partial charge is 0.143 e. The van der Waals surface area contributed by atoms with Crippen molar-refractivity contribution < 1.29 is 4.74 Å². The van der Waals surface area contributed by atoms with E-state index in [2.05, 4.69) is 53.7 Å². The van der Waals surface area contributed by atoms with Gasteiger partial charge in [-0.15, -0.1) is 0 Å². The highest BCUT2D eigenvalue weighted by Gasteiger charge is 2.23. The van der Waals surface area contributed by atoms with Crippen LogP contribution in [0.15, 0.2) is 0 Å². The van der Waals surface area contributed by atoms with Gasteiger partial charge in [0.25, 0.3) is 0 Å². The van der Waals surface area contributed by atoms with Crippen LogP contribution in [-0.4, -0.2) is 30.2 Å². The molecule has 18 heavy (non-hydrogen) atoms. The zero-order valence-electron chi connectivity index (χ0n) is 12.0. The molecule has 102 valence electrons. The number of halogens is 1. The van der Waals surface area contributed by atoms with Crippen molar-refractivity contribution in [3.8, 4) is 0 Å². The van der Waals surface area contributed by atoms with E-state index in [1.165, 1.54) is 0 Å². The predicted molar refractivity (Wildman–Crippen MR) is 83.2 cm³/mol. The summed E-state index contributed by atoms with van der Waals surface area (Å²) in [6.07, 6.45) is 0.855. The number of hydrogen-bond donors (Lipinski definition) is 1. The first-order valence-electron chi connectivity index (χ1n) is 6.07. The Labute approximate surface area is 123 Å². The van der Waals surface area contributed by atoms with Crippen LogP contribution in [0.25, 0.3) is 0 Å². The third-order valence-corrected chi connectivity index (χ3v) is 3.74. The van der Waals surface area contributed by atoms with E-state index >= 15 is 0 Å². The molecule has 1 aromatic heterocycles. The van der Waals surface area contributed by atoms with Crippen LogP contribution in [0.4, 0.5) is 5.82 Å². The molecule has 0 radical (unpaired) electrons. The summed E-state index contributed by atoms with van der Waals surface area (Å²) >= 11 is 2.31. The lowest BCUT2D eigenvalue weighted by molar-refractivity contribution is 0.117. The minimum absolute atomic E-state index is 0.0100. The topological polar surface area (TPSA) is 47.0 Å². The monoisotopic (exact) mass is 363 g/mol. The highest BCUT2D eigenvalue weighted by atomic mass is 127. The summed E-state index contributed by atoms with van der Waals surface area (Å²) < 4.78 is 6.37. The first kappa shape index (κ1) is 15.6. The maximum atomic E-state index is 5.28. The highest BCUT2D eigenvalue weighted by molar-refractivity contribution is 14.1. The summed E-state index contributed by atoms with van der Waals surface area (Å²) in [7, 11) is 3.60. The van der Waals surface area contributed by atoms with Gasteiger partial charge >= 0.3 is 0 Å². The number of hydrogen-bond acceptors (Lipinski definition) is 4. The quantitative estimate of drug-likeness (QED) is 0.836. The van der Waals surface area contributed by atoms with Gasteiger partial charge in [0, 0.05) is 26.0 Å². The Balaban J connectivity index is 3.22. The molecule has 5 heteroatoms. The zero-order valence-corrected chi connectivity index (χ0v) is 14.1. The van der Waals surface area contributed by atoms with Crippen LogP contribution in [0, 0.1) is 3.57 Å². The summed E-state index contributed by atoms with van der Waals surface area (Å²) in [6, 6.07) is 0. The molecule has 0 saturated carbocycles. The Morgan fingerprint density at radius 3 is 2.39 bits per heavy atom. The second-order valence-electron chi connectivity index (χ2n) is 5.40. The van der Waals surface area contributed by atoms with Crippen molar-refractivity contribution in [3.05, 3.63) is 15.1 Å². The second kappa shape index (κ2) is 6.14. The Morgan fingerprint density at radius 1 is 1.33 bits per heavy atom. The third kappa shape index (κ3) is 3.78. The van der Waals surface area contributed by atoms with Gasteiger partial charge < -0.3 is 10.1 Å². The Hall–Kier alpha value is -0.430. The molecule has 1 N–H and O–H groups in total. The minimum Gasteiger partial charge on any atom is -0.381 e. The van der Waals surface area contributed by atoms with Gasteiger partial charge in [-0.3, -0.25) is 0 Å². The molecular formula is C13H22IN3O. The third-order valence-electron chi connectivity index (χ3n) is 2.72. The SMILES string of the molecule is CNc1nc(CC(C)OC)nc(C(C)(C)C)c1I. The van der Waals surface area contributed by atoms with E-state index in [9.17, 15) is 0 Å². The molecule has 1 atom stereocenters. The van der Waals surface area contributed by atoms with Crippen molar-refractivity contribution >= 4 is 28.4 Å². The average Bonchev–Trinajstić information content (AvgIpc) is 2.29. The molecule has 0 aliphatic rings. The Bertz CT molecular complexity index is 415. The first-order valence-corrected chi connectivity index (χ1v) is 7.15. The van der Waals surface area contributed by atoms with Crippen LogP contribution in [0.1, 0.15) is 39.2 Å². The van der Waals surface area contributed by atoms with Gasteiger partial charge in [-0.1, -0.05) is 20.8 Å². The van der Waals surface area contributed by atoms with E-state index in [-0.39, 0.29) is 11.5 Å². The average molecular weight is 363 g/mol. The van der Waals surface area contributed by atoms with E-state index < -0.39 is 0 Å². The number of aromatic nitrogens is 2. The normalized spacial score (nSPS) is 13.5. The van der Waals surface area contributed by atoms with Crippen LogP contribution in [0.3, 0.4) is 0 Å². The molecule has 0 amide bonds. The lowest BCUT2D eigenvalue weighted by Gasteiger charge is -2.22. The molecule has 0 spiro atoms. The van der Waals surface area contributed by atoms with Crippen molar-refractivity contribution in [2.75, 3.05) is 19.5 Å². The van der Waals surface area contributed by atoms with Crippen molar-refractivity contribution in [1.29, 1.82) is 0 Å². The van der Waals surface area contributed by atoms with Crippen LogP contribution in [0.5, 0.6) is 0 Å². The van der Waals surface area contributed by atoms with Crippen LogP contribution >= 0.6 is 22.6 Å². The molecule has 0 saturated heterocycles. The number of anilines is 1. The number of methoxy groups -OCH3 is 1. The second-order valence-corrected chi connectivity index (χ2v) is 6.48. The lowest BCUT2D eigenvalue weighted by Crippen LogP contribution is -2.21. The minimum atomic E-state index is 0.0100. The zero-order chi connectivity index (χ0) is 13.9. The number of rotatable bonds is 4. The summed E-state index contributed by atoms with van der Waals surface area (Å²) in [5.74, 6) is 1.73. The first-order chi connectivity index (χ1) is 8.29. The van der Waals surface area contributed by atoms with Gasteiger partial charge in [-0.25, -0.2) is 9.97 Å². The molecule has 0 fully saturated rings. The Kier molecular flexibility index (Phi) is 5.33. The maximum Gasteiger partial charge on any atom is 0.143 e. The van der Waals surface area contributed by atoms with Crippen LogP contribution < -0.4 is 5.32 Å². The highest BCUT2D eigenvalue weighted by Crippen LogP contribution is 2.29. The van der Waals surface area contributed by atoms with E-state index in [0.717, 1.165) is 27.3 Å². The molecule has 0 bridgehead atoms. The van der Waals surface area contributed by atoms with E-state index in [0.29, 0.717) is 0 Å². The molecule has 0 aromatic carbocycles. The molecule has 0 aliphatic carbocycles. The van der Waals surface area contributed by atoms with E-state index in [1.54, 1.807) is 7.11 Å². The van der Waals surface area contributed by atoms with Crippen LogP contribution in [0.2, 0.25) is 0 Å². The predicted octanol–water partition coefficient (Wildman–Crippen LogP) is 3.00. The number of ether oxygens (including phenoxy) is 1. The van der Waals surface area contributed by atoms with Gasteiger partial charge in [0.15, 0.2) is 0 Å². The van der Waals surface area contributed by atoms with Gasteiger partial charge in [0.05, 0.1) is 15.4 Å². The summed E-state index contributed by atoms with van der Waals surface area (Å²) in [4.78, 5) is 9.24. The van der Waals surface area contributed by atoms with Crippen molar-refractivity contribution in [1.82, 2.24) is 9.97 Å². The van der Waals surface area contributed by atoms with Gasteiger partial charge in [0.1, 0.15) is 11.6 Å². The van der Waals surface area contributed by atoms with Crippen LogP contribution in [-0.2, 0) is 16.6 Å². The van der Waals surface area contributed by atoms with Crippen molar-refractivity contribution in [3.63, 3.8) is 0 Å². The maximum absolute atomic E-state index is 5.28. The summed E-state index contributed by atoms with van der Waals surface area (Å²) in [5.41, 5.74) is 1.09. The van der Waals surface area contributed by atoms with E-state index in [1.807, 2.05) is 14.0 Å². The standard InChI is InChI=1S/C13H22IN3O/c1-8(18-6)7-9-16-11(13(2,3)4)10(14)12(15-5)17-9/h8H,7H2,1-6H3,(H,15,16,17). The molecule has 1 heterocycles. The largest absolute Gasteiger partial charge is 0.381 e. The van der Waals surface area contributed by atoms with Crippen molar-refractivity contribution in [2.45, 2.75) is 45.6 Å². The van der Waals surface area contributed by atoms with Gasteiger partial charge in [-0.05, 0) is 29.5 Å². The number of nitrogens with zero attached hydrogens (tertiary/aromatic N) is 2. The molecule has 4 nitrogen and oxygen atoms in total. The fourth-order valence-corrected chi connectivity index (χ4v) is 2.91. The molecule has 0 aliphatic heterocycles. The molecule has 1 aromatic rings. The summed E-state index contributed by atoms with van der Waals surface area (Å²) in [5, 5.41) is 3.14. The molecule has 1 rings (SSSR count). The molecule has 1 unspecified atom stereocenters. The lowest BCUT2D eigenvalue weighted by atomic mass is 9.92. The summed E-state index contributed by atoms with van der Waals surface area (Å²) in [6.45, 7) is 8.53. The molecular weight excluding hydrogens is 341 g/mol. The Morgan fingerprint density at radius 2 is 1.94 bits per heavy atom. The fraction of sp³-hybridized carbons (Fsp3) is 0.692.